The molecule has 1 aliphatic carbocycles. The van der Waals surface area contributed by atoms with E-state index in [1.54, 1.807) is 6.92 Å². The molecule has 1 fully saturated rings. The van der Waals surface area contributed by atoms with Crippen LogP contribution in [0.3, 0.4) is 0 Å². The molecule has 0 spiro atoms. The van der Waals surface area contributed by atoms with E-state index in [1.165, 1.54) is 0 Å². The van der Waals surface area contributed by atoms with E-state index >= 15 is 0 Å². The number of rotatable bonds is 4. The number of carbonyl (C=O) groups is 2. The van der Waals surface area contributed by atoms with Crippen LogP contribution in [0.4, 0.5) is 4.79 Å². The number of hydrogen-bond acceptors (Lipinski definition) is 3. The van der Waals surface area contributed by atoms with Gasteiger partial charge in [0.2, 0.25) is 0 Å². The van der Waals surface area contributed by atoms with Gasteiger partial charge in [-0.2, -0.15) is 0 Å². The van der Waals surface area contributed by atoms with Crippen molar-refractivity contribution in [2.24, 2.45) is 5.92 Å². The molecular formula is C13H23NO3. The lowest BCUT2D eigenvalue weighted by Crippen LogP contribution is -2.46. The molecule has 0 saturated heterocycles. The minimum Gasteiger partial charge on any atom is -0.444 e. The second kappa shape index (κ2) is 5.52. The quantitative estimate of drug-likeness (QED) is 0.823. The molecule has 17 heavy (non-hydrogen) atoms. The van der Waals surface area contributed by atoms with Crippen molar-refractivity contribution in [2.75, 3.05) is 0 Å². The Bertz CT molecular complexity index is 288. The molecule has 0 radical (unpaired) electrons. The van der Waals surface area contributed by atoms with Crippen molar-refractivity contribution in [3.8, 4) is 0 Å². The molecule has 0 aromatic heterocycles. The monoisotopic (exact) mass is 241 g/mol. The van der Waals surface area contributed by atoms with Crippen LogP contribution in [0.5, 0.6) is 0 Å². The van der Waals surface area contributed by atoms with Gasteiger partial charge in [0.15, 0.2) is 0 Å². The van der Waals surface area contributed by atoms with Gasteiger partial charge in [-0.15, -0.1) is 0 Å². The van der Waals surface area contributed by atoms with Crippen molar-refractivity contribution in [1.29, 1.82) is 0 Å². The Morgan fingerprint density at radius 1 is 1.29 bits per heavy atom. The van der Waals surface area contributed by atoms with Gasteiger partial charge in [-0.3, -0.25) is 0 Å². The van der Waals surface area contributed by atoms with Crippen molar-refractivity contribution < 1.29 is 14.3 Å². The third kappa shape index (κ3) is 5.71. The fourth-order valence-corrected chi connectivity index (χ4v) is 1.97. The van der Waals surface area contributed by atoms with Crippen molar-refractivity contribution in [3.05, 3.63) is 0 Å². The van der Waals surface area contributed by atoms with Crippen LogP contribution < -0.4 is 5.32 Å². The Hall–Kier alpha value is -1.06. The van der Waals surface area contributed by atoms with Gasteiger partial charge in [0.25, 0.3) is 0 Å². The average molecular weight is 241 g/mol. The van der Waals surface area contributed by atoms with Gasteiger partial charge in [0.1, 0.15) is 11.4 Å². The van der Waals surface area contributed by atoms with E-state index in [0.717, 1.165) is 19.3 Å². The van der Waals surface area contributed by atoms with Crippen LogP contribution >= 0.6 is 0 Å². The molecule has 4 heteroatoms. The minimum atomic E-state index is -0.443. The Morgan fingerprint density at radius 3 is 2.35 bits per heavy atom. The fourth-order valence-electron chi connectivity index (χ4n) is 1.97. The predicted molar refractivity (Wildman–Crippen MR) is 65.8 cm³/mol. The first kappa shape index (κ1) is 14.0. The highest BCUT2D eigenvalue weighted by molar-refractivity contribution is 5.75. The summed E-state index contributed by atoms with van der Waals surface area (Å²) in [5.74, 6) is 0.826. The van der Waals surface area contributed by atoms with E-state index in [-0.39, 0.29) is 17.9 Å². The molecule has 1 N–H and O–H groups in total. The van der Waals surface area contributed by atoms with Crippen molar-refractivity contribution in [2.45, 2.75) is 65.0 Å². The zero-order valence-corrected chi connectivity index (χ0v) is 11.2. The highest BCUT2D eigenvalue weighted by Gasteiger charge is 2.31. The SMILES string of the molecule is CC(=O)CCC1CC(NC(=O)OC(C)(C)C)C1. The molecule has 0 aromatic rings. The van der Waals surface area contributed by atoms with Crippen LogP contribution in [0.25, 0.3) is 0 Å². The van der Waals surface area contributed by atoms with Gasteiger partial charge in [-0.05, 0) is 52.9 Å². The van der Waals surface area contributed by atoms with Crippen LogP contribution in [0.1, 0.15) is 53.4 Å². The zero-order chi connectivity index (χ0) is 13.1. The molecule has 1 saturated carbocycles. The van der Waals surface area contributed by atoms with E-state index in [9.17, 15) is 9.59 Å². The van der Waals surface area contributed by atoms with Gasteiger partial charge < -0.3 is 14.8 Å². The zero-order valence-electron chi connectivity index (χ0n) is 11.2. The lowest BCUT2D eigenvalue weighted by atomic mass is 9.77. The molecular weight excluding hydrogens is 218 g/mol. The number of amides is 1. The molecule has 4 nitrogen and oxygen atoms in total. The highest BCUT2D eigenvalue weighted by Crippen LogP contribution is 2.31. The number of nitrogens with one attached hydrogen (secondary N) is 1. The fraction of sp³-hybridized carbons (Fsp3) is 0.846. The summed E-state index contributed by atoms with van der Waals surface area (Å²) in [4.78, 5) is 22.3. The maximum absolute atomic E-state index is 11.4. The Morgan fingerprint density at radius 2 is 1.88 bits per heavy atom. The summed E-state index contributed by atoms with van der Waals surface area (Å²) < 4.78 is 5.17. The van der Waals surface area contributed by atoms with E-state index in [4.69, 9.17) is 4.74 Å². The summed E-state index contributed by atoms with van der Waals surface area (Å²) in [6.45, 7) is 7.17. The summed E-state index contributed by atoms with van der Waals surface area (Å²) in [6, 6.07) is 0.224. The Kier molecular flexibility index (Phi) is 4.54. The van der Waals surface area contributed by atoms with Gasteiger partial charge in [-0.1, -0.05) is 0 Å². The summed E-state index contributed by atoms with van der Waals surface area (Å²) in [7, 11) is 0. The molecule has 1 rings (SSSR count). The maximum Gasteiger partial charge on any atom is 0.407 e. The smallest absolute Gasteiger partial charge is 0.407 e. The van der Waals surface area contributed by atoms with E-state index in [2.05, 4.69) is 5.32 Å². The summed E-state index contributed by atoms with van der Waals surface area (Å²) in [5.41, 5.74) is -0.443. The first-order valence-electron chi connectivity index (χ1n) is 6.25. The van der Waals surface area contributed by atoms with Crippen LogP contribution in [-0.4, -0.2) is 23.5 Å². The summed E-state index contributed by atoms with van der Waals surface area (Å²) >= 11 is 0. The largest absolute Gasteiger partial charge is 0.444 e. The Labute approximate surface area is 103 Å². The lowest BCUT2D eigenvalue weighted by molar-refractivity contribution is -0.117. The third-order valence-electron chi connectivity index (χ3n) is 2.86. The van der Waals surface area contributed by atoms with E-state index in [0.29, 0.717) is 12.3 Å². The summed E-state index contributed by atoms with van der Waals surface area (Å²) in [5, 5.41) is 2.84. The third-order valence-corrected chi connectivity index (χ3v) is 2.86. The lowest BCUT2D eigenvalue weighted by Gasteiger charge is -2.36. The van der Waals surface area contributed by atoms with Crippen molar-refractivity contribution in [3.63, 3.8) is 0 Å². The second-order valence-electron chi connectivity index (χ2n) is 5.92. The standard InChI is InChI=1S/C13H23NO3/c1-9(15)5-6-10-7-11(8-10)14-12(16)17-13(2,3)4/h10-11H,5-8H2,1-4H3,(H,14,16). The molecule has 1 amide bonds. The topological polar surface area (TPSA) is 55.4 Å². The number of alkyl carbamates (subject to hydrolysis) is 1. The first-order valence-corrected chi connectivity index (χ1v) is 6.25. The van der Waals surface area contributed by atoms with Gasteiger partial charge in [0.05, 0.1) is 0 Å². The predicted octanol–water partition coefficient (Wildman–Crippen LogP) is 2.66. The van der Waals surface area contributed by atoms with E-state index < -0.39 is 5.60 Å². The van der Waals surface area contributed by atoms with Gasteiger partial charge >= 0.3 is 6.09 Å². The highest BCUT2D eigenvalue weighted by atomic mass is 16.6. The molecule has 0 aromatic carbocycles. The molecule has 0 bridgehead atoms. The van der Waals surface area contributed by atoms with Crippen LogP contribution in [0.2, 0.25) is 0 Å². The van der Waals surface area contributed by atoms with Crippen LogP contribution in [0.15, 0.2) is 0 Å². The minimum absolute atomic E-state index is 0.224. The number of ketones is 1. The van der Waals surface area contributed by atoms with Gasteiger partial charge in [-0.25, -0.2) is 4.79 Å². The molecule has 0 aliphatic heterocycles. The first-order chi connectivity index (χ1) is 7.76. The van der Waals surface area contributed by atoms with Crippen molar-refractivity contribution >= 4 is 11.9 Å². The molecule has 0 heterocycles. The normalized spacial score (nSPS) is 23.8. The van der Waals surface area contributed by atoms with Crippen molar-refractivity contribution in [1.82, 2.24) is 5.32 Å². The number of Topliss-reactive ketones (excluding diaryl/α,β-unsaturated/α-hetero) is 1. The van der Waals surface area contributed by atoms with Crippen LogP contribution in [0, 0.1) is 5.92 Å². The van der Waals surface area contributed by atoms with Gasteiger partial charge in [0, 0.05) is 12.5 Å². The number of hydrogen-bond donors (Lipinski definition) is 1. The maximum atomic E-state index is 11.4. The molecule has 98 valence electrons. The summed E-state index contributed by atoms with van der Waals surface area (Å²) in [6.07, 6.45) is 3.19. The molecule has 0 unspecified atom stereocenters. The Balaban J connectivity index is 2.13. The number of ether oxygens (including phenoxy) is 1. The van der Waals surface area contributed by atoms with E-state index in [1.807, 2.05) is 20.8 Å². The number of carbonyl (C=O) groups excluding carboxylic acids is 2. The molecule has 1 aliphatic rings. The van der Waals surface area contributed by atoms with Crippen LogP contribution in [-0.2, 0) is 9.53 Å². The average Bonchev–Trinajstić information content (AvgIpc) is 2.04. The second-order valence-corrected chi connectivity index (χ2v) is 5.92. The molecule has 0 atom stereocenters.